The molecule has 0 amide bonds. The highest BCUT2D eigenvalue weighted by atomic mass is 16.4. The van der Waals surface area contributed by atoms with Crippen LogP contribution in [0.5, 0.6) is 0 Å². The van der Waals surface area contributed by atoms with Gasteiger partial charge in [-0.1, -0.05) is 20.8 Å². The molecule has 4 fully saturated rings. The van der Waals surface area contributed by atoms with E-state index in [4.69, 9.17) is 5.11 Å². The van der Waals surface area contributed by atoms with Crippen LogP contribution in [-0.4, -0.2) is 22.3 Å². The predicted molar refractivity (Wildman–Crippen MR) is 107 cm³/mol. The van der Waals surface area contributed by atoms with Gasteiger partial charge in [-0.05, 0) is 111 Å². The first-order chi connectivity index (χ1) is 12.8. The third-order valence-corrected chi connectivity index (χ3v) is 10.2. The van der Waals surface area contributed by atoms with Crippen LogP contribution in [0, 0.1) is 46.3 Å². The fraction of sp³-hybridized carbons (Fsp3) is 0.958. The number of rotatable bonds is 4. The Balaban J connectivity index is 1.51. The first kappa shape index (κ1) is 19.7. The first-order valence-corrected chi connectivity index (χ1v) is 11.7. The average molecular weight is 377 g/mol. The number of hydrogen-bond acceptors (Lipinski definition) is 2. The molecule has 0 radical (unpaired) electrons. The van der Waals surface area contributed by atoms with E-state index in [0.717, 1.165) is 42.9 Å². The molecule has 0 saturated heterocycles. The molecule has 0 heterocycles. The van der Waals surface area contributed by atoms with Gasteiger partial charge >= 0.3 is 5.97 Å². The van der Waals surface area contributed by atoms with E-state index in [0.29, 0.717) is 29.1 Å². The summed E-state index contributed by atoms with van der Waals surface area (Å²) in [6.07, 6.45) is 12.4. The van der Waals surface area contributed by atoms with Crippen LogP contribution in [0.2, 0.25) is 0 Å². The largest absolute Gasteiger partial charge is 0.481 e. The zero-order chi connectivity index (χ0) is 19.4. The maximum Gasteiger partial charge on any atom is 0.303 e. The van der Waals surface area contributed by atoms with Crippen molar-refractivity contribution in [3.63, 3.8) is 0 Å². The van der Waals surface area contributed by atoms with Gasteiger partial charge in [0, 0.05) is 6.42 Å². The van der Waals surface area contributed by atoms with E-state index in [1.165, 1.54) is 44.9 Å². The minimum atomic E-state index is -0.643. The number of aliphatic hydroxyl groups is 1. The van der Waals surface area contributed by atoms with Crippen LogP contribution >= 0.6 is 0 Å². The van der Waals surface area contributed by atoms with Gasteiger partial charge in [0.05, 0.1) is 6.10 Å². The Kier molecular flexibility index (Phi) is 5.15. The summed E-state index contributed by atoms with van der Waals surface area (Å²) in [6.45, 7) is 7.43. The molecule has 4 rings (SSSR count). The molecule has 0 aliphatic heterocycles. The molecule has 2 N–H and O–H groups in total. The smallest absolute Gasteiger partial charge is 0.303 e. The van der Waals surface area contributed by atoms with Crippen LogP contribution in [0.3, 0.4) is 0 Å². The molecular weight excluding hydrogens is 336 g/mol. The lowest BCUT2D eigenvalue weighted by Gasteiger charge is -2.61. The molecule has 4 aliphatic rings. The van der Waals surface area contributed by atoms with Gasteiger partial charge in [0.2, 0.25) is 0 Å². The molecule has 0 aromatic carbocycles. The maximum atomic E-state index is 11.0. The predicted octanol–water partition coefficient (Wildman–Crippen LogP) is 5.51. The van der Waals surface area contributed by atoms with Gasteiger partial charge in [-0.15, -0.1) is 0 Å². The summed E-state index contributed by atoms with van der Waals surface area (Å²) in [6, 6.07) is 0. The van der Waals surface area contributed by atoms with Crippen molar-refractivity contribution in [1.29, 1.82) is 0 Å². The van der Waals surface area contributed by atoms with Crippen molar-refractivity contribution < 1.29 is 15.0 Å². The number of fused-ring (bicyclic) bond motifs is 5. The van der Waals surface area contributed by atoms with Gasteiger partial charge in [0.15, 0.2) is 0 Å². The summed E-state index contributed by atoms with van der Waals surface area (Å²) in [5, 5.41) is 19.3. The molecule has 4 saturated carbocycles. The monoisotopic (exact) mass is 376 g/mol. The van der Waals surface area contributed by atoms with E-state index in [9.17, 15) is 9.90 Å². The molecule has 0 aromatic rings. The summed E-state index contributed by atoms with van der Waals surface area (Å²) < 4.78 is 0. The lowest BCUT2D eigenvalue weighted by atomic mass is 9.44. The number of aliphatic hydroxyl groups excluding tert-OH is 1. The van der Waals surface area contributed by atoms with E-state index in [2.05, 4.69) is 20.8 Å². The van der Waals surface area contributed by atoms with E-state index >= 15 is 0 Å². The topological polar surface area (TPSA) is 57.5 Å². The van der Waals surface area contributed by atoms with E-state index in [-0.39, 0.29) is 6.10 Å². The minimum absolute atomic E-state index is 0.0561. The zero-order valence-corrected chi connectivity index (χ0v) is 17.6. The van der Waals surface area contributed by atoms with Crippen LogP contribution in [-0.2, 0) is 4.79 Å². The Labute approximate surface area is 165 Å². The maximum absolute atomic E-state index is 11.0. The summed E-state index contributed by atoms with van der Waals surface area (Å²) in [5.41, 5.74) is 0.882. The van der Waals surface area contributed by atoms with Crippen molar-refractivity contribution in [2.24, 2.45) is 46.3 Å². The zero-order valence-electron chi connectivity index (χ0n) is 17.6. The average Bonchev–Trinajstić information content (AvgIpc) is 2.97. The lowest BCUT2D eigenvalue weighted by molar-refractivity contribution is -0.138. The van der Waals surface area contributed by atoms with E-state index in [1.54, 1.807) is 0 Å². The molecule has 3 nitrogen and oxygen atoms in total. The van der Waals surface area contributed by atoms with Gasteiger partial charge in [-0.3, -0.25) is 4.79 Å². The first-order valence-electron chi connectivity index (χ1n) is 11.7. The standard InChI is InChI=1S/C24H40O3/c1-15(4-9-22(26)27)19-7-8-20-18-6-5-16-14-17(25)10-12-23(16,2)21(18)11-13-24(19,20)3/h15-21,25H,4-14H2,1-3H3,(H,26,27)/t15?,16?,17?,18?,19?,20?,21?,23-,24+/m0/s1. The fourth-order valence-electron chi connectivity index (χ4n) is 8.76. The van der Waals surface area contributed by atoms with Crippen molar-refractivity contribution in [2.75, 3.05) is 0 Å². The summed E-state index contributed by atoms with van der Waals surface area (Å²) in [5.74, 6) is 3.91. The van der Waals surface area contributed by atoms with Crippen LogP contribution in [0.4, 0.5) is 0 Å². The summed E-state index contributed by atoms with van der Waals surface area (Å²) in [7, 11) is 0. The SMILES string of the molecule is CC(CCC(=O)O)C1CCC2C3CCC4CC(O)CC[C@]4(C)C3CC[C@]12C. The van der Waals surface area contributed by atoms with Crippen molar-refractivity contribution in [2.45, 2.75) is 97.5 Å². The molecule has 4 aliphatic carbocycles. The van der Waals surface area contributed by atoms with Crippen LogP contribution < -0.4 is 0 Å². The molecule has 9 atom stereocenters. The second-order valence-electron chi connectivity index (χ2n) is 11.2. The highest BCUT2D eigenvalue weighted by Gasteiger charge is 2.60. The Hall–Kier alpha value is -0.570. The number of carboxylic acids is 1. The second kappa shape index (κ2) is 7.04. The van der Waals surface area contributed by atoms with Crippen LogP contribution in [0.15, 0.2) is 0 Å². The quantitative estimate of drug-likeness (QED) is 0.680. The Morgan fingerprint density at radius 2 is 1.70 bits per heavy atom. The lowest BCUT2D eigenvalue weighted by Crippen LogP contribution is -2.54. The molecule has 3 heteroatoms. The Bertz CT molecular complexity index is 574. The van der Waals surface area contributed by atoms with Gasteiger partial charge in [-0.25, -0.2) is 0 Å². The number of carboxylic acid groups (broad SMARTS) is 1. The van der Waals surface area contributed by atoms with Crippen molar-refractivity contribution >= 4 is 5.97 Å². The molecule has 0 spiro atoms. The van der Waals surface area contributed by atoms with Crippen molar-refractivity contribution in [3.8, 4) is 0 Å². The molecule has 154 valence electrons. The third-order valence-electron chi connectivity index (χ3n) is 10.2. The molecule has 7 unspecified atom stereocenters. The Morgan fingerprint density at radius 3 is 2.44 bits per heavy atom. The highest BCUT2D eigenvalue weighted by Crippen LogP contribution is 2.68. The minimum Gasteiger partial charge on any atom is -0.481 e. The third kappa shape index (κ3) is 3.16. The number of hydrogen-bond donors (Lipinski definition) is 2. The van der Waals surface area contributed by atoms with Gasteiger partial charge in [0.1, 0.15) is 0 Å². The molecule has 27 heavy (non-hydrogen) atoms. The van der Waals surface area contributed by atoms with Gasteiger partial charge in [0.25, 0.3) is 0 Å². The van der Waals surface area contributed by atoms with E-state index in [1.807, 2.05) is 0 Å². The van der Waals surface area contributed by atoms with Crippen LogP contribution in [0.1, 0.15) is 91.4 Å². The van der Waals surface area contributed by atoms with Crippen molar-refractivity contribution in [3.05, 3.63) is 0 Å². The normalized spacial score (nSPS) is 50.4. The van der Waals surface area contributed by atoms with Crippen LogP contribution in [0.25, 0.3) is 0 Å². The molecule has 0 bridgehead atoms. The number of aliphatic carboxylic acids is 1. The second-order valence-corrected chi connectivity index (χ2v) is 11.2. The molecular formula is C24H40O3. The van der Waals surface area contributed by atoms with Gasteiger partial charge in [-0.2, -0.15) is 0 Å². The van der Waals surface area contributed by atoms with Gasteiger partial charge < -0.3 is 10.2 Å². The highest BCUT2D eigenvalue weighted by molar-refractivity contribution is 5.66. The summed E-state index contributed by atoms with van der Waals surface area (Å²) in [4.78, 5) is 11.0. The van der Waals surface area contributed by atoms with E-state index < -0.39 is 5.97 Å². The molecule has 0 aromatic heterocycles. The van der Waals surface area contributed by atoms with Crippen molar-refractivity contribution in [1.82, 2.24) is 0 Å². The summed E-state index contributed by atoms with van der Waals surface area (Å²) >= 11 is 0. The number of carbonyl (C=O) groups is 1. The Morgan fingerprint density at radius 1 is 1.00 bits per heavy atom. The fourth-order valence-corrected chi connectivity index (χ4v) is 8.76.